The van der Waals surface area contributed by atoms with Gasteiger partial charge in [0, 0.05) is 26.9 Å². The van der Waals surface area contributed by atoms with Crippen LogP contribution in [0.3, 0.4) is 0 Å². The number of rotatable bonds is 7. The molecule has 9 heteroatoms. The van der Waals surface area contributed by atoms with E-state index in [1.807, 2.05) is 54.6 Å². The first kappa shape index (κ1) is 25.9. The monoisotopic (exact) mass is 563 g/mol. The Kier molecular flexibility index (Phi) is 6.97. The first-order valence-electron chi connectivity index (χ1n) is 12.6. The number of hydrogen-bond acceptors (Lipinski definition) is 6. The van der Waals surface area contributed by atoms with Crippen molar-refractivity contribution in [1.82, 2.24) is 10.4 Å². The Morgan fingerprint density at radius 2 is 1.76 bits per heavy atom. The van der Waals surface area contributed by atoms with Crippen molar-refractivity contribution in [3.8, 4) is 22.6 Å². The highest BCUT2D eigenvalue weighted by atomic mass is 35.5. The number of hydrogen-bond donors (Lipinski definition) is 2. The molecule has 2 N–H and O–H groups in total. The van der Waals surface area contributed by atoms with Gasteiger partial charge in [0.2, 0.25) is 5.76 Å². The third kappa shape index (κ3) is 5.04. The van der Waals surface area contributed by atoms with Gasteiger partial charge in [-0.3, -0.25) is 4.79 Å². The maximum absolute atomic E-state index is 13.5. The molecule has 6 aromatic rings. The molecule has 0 aliphatic carbocycles. The van der Waals surface area contributed by atoms with Gasteiger partial charge in [0.15, 0.2) is 11.5 Å². The number of furan rings is 1. The number of ether oxygens (including phenoxy) is 2. The number of H-pyrrole nitrogens is 1. The normalized spacial score (nSPS) is 11.3. The number of esters is 1. The molecule has 2 heterocycles. The van der Waals surface area contributed by atoms with Gasteiger partial charge < -0.3 is 18.9 Å². The SMILES string of the molecule is COc1cc(C=NNC(=O)c2[nH]c3c(ccc4ccccc43)c2-c2ccccc2Cl)ccc1OC(=O)c1ccco1. The van der Waals surface area contributed by atoms with Crippen LogP contribution in [-0.4, -0.2) is 30.2 Å². The quantitative estimate of drug-likeness (QED) is 0.0922. The number of carbonyl (C=O) groups excluding carboxylic acids is 2. The number of hydrazone groups is 1. The van der Waals surface area contributed by atoms with Gasteiger partial charge in [-0.1, -0.05) is 66.2 Å². The highest BCUT2D eigenvalue weighted by Gasteiger charge is 2.22. The molecule has 0 spiro atoms. The fraction of sp³-hybridized carbons (Fsp3) is 0.0312. The zero-order valence-corrected chi connectivity index (χ0v) is 22.4. The fourth-order valence-electron chi connectivity index (χ4n) is 4.67. The summed E-state index contributed by atoms with van der Waals surface area (Å²) in [6.45, 7) is 0. The number of nitrogens with zero attached hydrogens (tertiary/aromatic N) is 1. The van der Waals surface area contributed by atoms with Gasteiger partial charge in [-0.2, -0.15) is 5.10 Å². The highest BCUT2D eigenvalue weighted by molar-refractivity contribution is 6.34. The number of methoxy groups -OCH3 is 1. The molecule has 0 unspecified atom stereocenters. The van der Waals surface area contributed by atoms with E-state index < -0.39 is 11.9 Å². The number of halogens is 1. The summed E-state index contributed by atoms with van der Waals surface area (Å²) in [5.41, 5.74) is 5.79. The van der Waals surface area contributed by atoms with Crippen LogP contribution < -0.4 is 14.9 Å². The predicted octanol–water partition coefficient (Wildman–Crippen LogP) is 7.23. The Balaban J connectivity index is 1.29. The molecule has 0 atom stereocenters. The second-order valence-corrected chi connectivity index (χ2v) is 9.45. The number of benzene rings is 4. The molecule has 4 aromatic carbocycles. The largest absolute Gasteiger partial charge is 0.493 e. The summed E-state index contributed by atoms with van der Waals surface area (Å²) in [6, 6.07) is 27.3. The Hall–Kier alpha value is -5.34. The lowest BCUT2D eigenvalue weighted by atomic mass is 9.99. The summed E-state index contributed by atoms with van der Waals surface area (Å²) in [5.74, 6) is -0.496. The van der Waals surface area contributed by atoms with Gasteiger partial charge >= 0.3 is 5.97 Å². The minimum absolute atomic E-state index is 0.0709. The molecule has 0 bridgehead atoms. The van der Waals surface area contributed by atoms with Crippen molar-refractivity contribution < 1.29 is 23.5 Å². The van der Waals surface area contributed by atoms with Crippen LogP contribution in [0, 0.1) is 0 Å². The van der Waals surface area contributed by atoms with E-state index in [-0.39, 0.29) is 11.5 Å². The third-order valence-corrected chi connectivity index (χ3v) is 6.89. The molecule has 0 fully saturated rings. The maximum Gasteiger partial charge on any atom is 0.379 e. The van der Waals surface area contributed by atoms with Crippen molar-refractivity contribution >= 4 is 51.4 Å². The summed E-state index contributed by atoms with van der Waals surface area (Å²) in [5, 5.41) is 7.59. The second-order valence-electron chi connectivity index (χ2n) is 9.04. The van der Waals surface area contributed by atoms with Gasteiger partial charge in [-0.05, 0) is 47.3 Å². The summed E-state index contributed by atoms with van der Waals surface area (Å²) in [6.07, 6.45) is 2.85. The lowest BCUT2D eigenvalue weighted by Crippen LogP contribution is -2.19. The van der Waals surface area contributed by atoms with E-state index in [0.29, 0.717) is 27.6 Å². The van der Waals surface area contributed by atoms with Crippen LogP contribution in [0.1, 0.15) is 26.6 Å². The van der Waals surface area contributed by atoms with Crippen molar-refractivity contribution in [2.45, 2.75) is 0 Å². The lowest BCUT2D eigenvalue weighted by Gasteiger charge is -2.09. The van der Waals surface area contributed by atoms with Crippen LogP contribution in [-0.2, 0) is 0 Å². The molecular weight excluding hydrogens is 542 g/mol. The molecule has 41 heavy (non-hydrogen) atoms. The van der Waals surface area contributed by atoms with Gasteiger partial charge in [0.25, 0.3) is 5.91 Å². The molecule has 6 rings (SSSR count). The smallest absolute Gasteiger partial charge is 0.379 e. The minimum Gasteiger partial charge on any atom is -0.493 e. The average molecular weight is 564 g/mol. The Morgan fingerprint density at radius 1 is 0.927 bits per heavy atom. The molecule has 202 valence electrons. The number of carbonyl (C=O) groups is 2. The van der Waals surface area contributed by atoms with Crippen molar-refractivity contribution in [2.24, 2.45) is 5.10 Å². The van der Waals surface area contributed by atoms with E-state index in [1.165, 1.54) is 25.7 Å². The van der Waals surface area contributed by atoms with E-state index in [4.69, 9.17) is 25.5 Å². The first-order valence-corrected chi connectivity index (χ1v) is 13.0. The summed E-state index contributed by atoms with van der Waals surface area (Å²) in [4.78, 5) is 29.0. The van der Waals surface area contributed by atoms with Gasteiger partial charge in [-0.25, -0.2) is 10.2 Å². The van der Waals surface area contributed by atoms with E-state index in [2.05, 4.69) is 15.5 Å². The van der Waals surface area contributed by atoms with Crippen molar-refractivity contribution in [3.05, 3.63) is 119 Å². The number of nitrogens with one attached hydrogen (secondary N) is 2. The van der Waals surface area contributed by atoms with E-state index in [0.717, 1.165) is 27.2 Å². The van der Waals surface area contributed by atoms with E-state index >= 15 is 0 Å². The number of amides is 1. The van der Waals surface area contributed by atoms with Gasteiger partial charge in [0.05, 0.1) is 25.1 Å². The standard InChI is InChI=1S/C32H22ClN3O5/c1-39-27-17-19(12-15-25(27)41-32(38)26-11-6-16-40-26)18-34-36-31(37)30-28(22-9-4-5-10-24(22)33)23-14-13-20-7-2-3-8-21(20)29(23)35-30/h2-18,35H,1H3,(H,36,37). The fourth-order valence-corrected chi connectivity index (χ4v) is 4.90. The third-order valence-electron chi connectivity index (χ3n) is 6.56. The minimum atomic E-state index is -0.651. The molecule has 2 aromatic heterocycles. The Labute approximate surface area is 239 Å². The number of fused-ring (bicyclic) bond motifs is 3. The highest BCUT2D eigenvalue weighted by Crippen LogP contribution is 2.39. The average Bonchev–Trinajstić information content (AvgIpc) is 3.67. The van der Waals surface area contributed by atoms with Crippen LogP contribution >= 0.6 is 11.6 Å². The molecule has 0 aliphatic heterocycles. The summed E-state index contributed by atoms with van der Waals surface area (Å²) in [7, 11) is 1.46. The van der Waals surface area contributed by atoms with Crippen molar-refractivity contribution in [1.29, 1.82) is 0 Å². The van der Waals surface area contributed by atoms with Crippen LogP contribution in [0.5, 0.6) is 11.5 Å². The molecule has 8 nitrogen and oxygen atoms in total. The number of aromatic amines is 1. The summed E-state index contributed by atoms with van der Waals surface area (Å²) < 4.78 is 15.8. The zero-order chi connectivity index (χ0) is 28.3. The van der Waals surface area contributed by atoms with Crippen molar-refractivity contribution in [3.63, 3.8) is 0 Å². The molecule has 0 radical (unpaired) electrons. The van der Waals surface area contributed by atoms with Gasteiger partial charge in [-0.15, -0.1) is 0 Å². The lowest BCUT2D eigenvalue weighted by molar-refractivity contribution is 0.0696. The Morgan fingerprint density at radius 3 is 2.56 bits per heavy atom. The van der Waals surface area contributed by atoms with Gasteiger partial charge in [0.1, 0.15) is 5.69 Å². The molecule has 0 saturated heterocycles. The van der Waals surface area contributed by atoms with Crippen LogP contribution in [0.25, 0.3) is 32.8 Å². The summed E-state index contributed by atoms with van der Waals surface area (Å²) >= 11 is 6.57. The Bertz CT molecular complexity index is 1940. The molecule has 0 saturated carbocycles. The van der Waals surface area contributed by atoms with E-state index in [9.17, 15) is 9.59 Å². The van der Waals surface area contributed by atoms with Crippen LogP contribution in [0.15, 0.2) is 107 Å². The van der Waals surface area contributed by atoms with Crippen molar-refractivity contribution in [2.75, 3.05) is 7.11 Å². The number of aromatic nitrogens is 1. The maximum atomic E-state index is 13.5. The van der Waals surface area contributed by atoms with Crippen LogP contribution in [0.4, 0.5) is 0 Å². The zero-order valence-electron chi connectivity index (χ0n) is 21.7. The molecular formula is C32H22ClN3O5. The second kappa shape index (κ2) is 11.0. The predicted molar refractivity (Wildman–Crippen MR) is 158 cm³/mol. The first-order chi connectivity index (χ1) is 20.0. The molecule has 1 amide bonds. The van der Waals surface area contributed by atoms with E-state index in [1.54, 1.807) is 30.3 Å². The molecule has 0 aliphatic rings. The van der Waals surface area contributed by atoms with Crippen LogP contribution in [0.2, 0.25) is 5.02 Å². The topological polar surface area (TPSA) is 106 Å².